The lowest BCUT2D eigenvalue weighted by atomic mass is 9.46. The summed E-state index contributed by atoms with van der Waals surface area (Å²) < 4.78 is 91.9. The zero-order valence-corrected chi connectivity index (χ0v) is 24.0. The van der Waals surface area contributed by atoms with Gasteiger partial charge in [-0.1, -0.05) is 6.92 Å². The van der Waals surface area contributed by atoms with Crippen molar-refractivity contribution in [2.24, 2.45) is 46.3 Å². The van der Waals surface area contributed by atoms with Gasteiger partial charge in [-0.2, -0.15) is 26.3 Å². The molecule has 230 valence electrons. The highest BCUT2D eigenvalue weighted by Gasteiger charge is 2.71. The first-order chi connectivity index (χ1) is 18.3. The van der Waals surface area contributed by atoms with Crippen LogP contribution in [0.2, 0.25) is 0 Å². The summed E-state index contributed by atoms with van der Waals surface area (Å²) in [6.07, 6.45) is -4.72. The van der Waals surface area contributed by atoms with E-state index in [4.69, 9.17) is 9.47 Å². The normalized spacial score (nSPS) is 39.0. The Kier molecular flexibility index (Phi) is 7.41. The van der Waals surface area contributed by atoms with Crippen molar-refractivity contribution in [2.45, 2.75) is 128 Å². The monoisotopic (exact) mass is 582 g/mol. The minimum absolute atomic E-state index is 0.00128. The summed E-state index contributed by atoms with van der Waals surface area (Å²) in [6, 6.07) is 0. The highest BCUT2D eigenvalue weighted by molar-refractivity contribution is 5.77. The van der Waals surface area contributed by atoms with E-state index in [1.54, 1.807) is 0 Å². The van der Waals surface area contributed by atoms with E-state index in [1.165, 1.54) is 19.3 Å². The Labute approximate surface area is 232 Å². The van der Waals surface area contributed by atoms with E-state index in [0.29, 0.717) is 19.3 Å². The molecule has 10 heteroatoms. The highest BCUT2D eigenvalue weighted by Crippen LogP contribution is 2.64. The van der Waals surface area contributed by atoms with Gasteiger partial charge in [0.15, 0.2) is 0 Å². The van der Waals surface area contributed by atoms with Crippen LogP contribution in [0.4, 0.5) is 26.3 Å². The lowest BCUT2D eigenvalue weighted by Crippen LogP contribution is -2.58. The topological polar surface area (TPSA) is 55.8 Å². The first kappa shape index (κ1) is 30.4. The van der Waals surface area contributed by atoms with E-state index in [2.05, 4.69) is 0 Å². The molecule has 6 bridgehead atoms. The van der Waals surface area contributed by atoms with Gasteiger partial charge in [-0.3, -0.25) is 4.79 Å². The summed E-state index contributed by atoms with van der Waals surface area (Å²) in [5, 5.41) is 9.67. The van der Waals surface area contributed by atoms with Crippen LogP contribution in [0.25, 0.3) is 0 Å². The summed E-state index contributed by atoms with van der Waals surface area (Å²) in [4.78, 5) is 13.6. The van der Waals surface area contributed by atoms with Crippen molar-refractivity contribution in [3.63, 3.8) is 0 Å². The van der Waals surface area contributed by atoms with Crippen LogP contribution in [0.5, 0.6) is 0 Å². The summed E-state index contributed by atoms with van der Waals surface area (Å²) >= 11 is 0. The van der Waals surface area contributed by atoms with Crippen LogP contribution in [-0.4, -0.2) is 47.3 Å². The van der Waals surface area contributed by atoms with E-state index in [-0.39, 0.29) is 42.4 Å². The van der Waals surface area contributed by atoms with Crippen LogP contribution in [-0.2, 0) is 14.3 Å². The molecule has 0 aromatic heterocycles. The van der Waals surface area contributed by atoms with Crippen LogP contribution in [0.1, 0.15) is 98.3 Å². The number of carbonyl (C=O) groups excluding carboxylic acids is 1. The molecule has 6 aliphatic rings. The summed E-state index contributed by atoms with van der Waals surface area (Å²) in [5.74, 6) is 0.376. The molecule has 4 nitrogen and oxygen atoms in total. The predicted octanol–water partition coefficient (Wildman–Crippen LogP) is 7.62. The van der Waals surface area contributed by atoms with Crippen molar-refractivity contribution in [1.29, 1.82) is 0 Å². The van der Waals surface area contributed by atoms with Gasteiger partial charge in [-0.05, 0) is 127 Å². The van der Waals surface area contributed by atoms with E-state index in [0.717, 1.165) is 37.0 Å². The highest BCUT2D eigenvalue weighted by atomic mass is 19.4. The second-order valence-electron chi connectivity index (χ2n) is 14.9. The fourth-order valence-electron chi connectivity index (χ4n) is 9.48. The van der Waals surface area contributed by atoms with Gasteiger partial charge in [0.25, 0.3) is 5.60 Å². The van der Waals surface area contributed by atoms with Crippen molar-refractivity contribution in [3.05, 3.63) is 0 Å². The maximum Gasteiger partial charge on any atom is 0.426 e. The molecule has 1 N–H and O–H groups in total. The number of aliphatic hydroxyl groups is 1. The first-order valence-corrected chi connectivity index (χ1v) is 15.0. The lowest BCUT2D eigenvalue weighted by molar-refractivity contribution is -0.373. The predicted molar refractivity (Wildman–Crippen MR) is 135 cm³/mol. The van der Waals surface area contributed by atoms with Crippen molar-refractivity contribution in [1.82, 2.24) is 0 Å². The molecular formula is C30H44F6O4. The van der Waals surface area contributed by atoms with Crippen molar-refractivity contribution in [2.75, 3.05) is 6.61 Å². The third kappa shape index (κ3) is 4.98. The number of esters is 1. The van der Waals surface area contributed by atoms with E-state index < -0.39 is 41.3 Å². The third-order valence-electron chi connectivity index (χ3n) is 12.0. The number of fused-ring (bicyclic) bond motifs is 2. The molecule has 5 atom stereocenters. The third-order valence-corrected chi connectivity index (χ3v) is 12.0. The molecule has 6 saturated carbocycles. The quantitative estimate of drug-likeness (QED) is 0.225. The smallest absolute Gasteiger partial charge is 0.426 e. The Balaban J connectivity index is 1.18. The molecule has 0 aromatic carbocycles. The Hall–Kier alpha value is -1.03. The van der Waals surface area contributed by atoms with Gasteiger partial charge < -0.3 is 14.6 Å². The summed E-state index contributed by atoms with van der Waals surface area (Å²) in [5.41, 5.74) is -6.22. The Morgan fingerprint density at radius 3 is 1.77 bits per heavy atom. The molecule has 6 rings (SSSR count). The molecule has 0 amide bonds. The number of hydrogen-bond acceptors (Lipinski definition) is 4. The molecule has 0 saturated heterocycles. The van der Waals surface area contributed by atoms with Gasteiger partial charge in [0.1, 0.15) is 5.60 Å². The van der Waals surface area contributed by atoms with Crippen molar-refractivity contribution >= 4 is 5.97 Å². The first-order valence-electron chi connectivity index (χ1n) is 15.0. The molecule has 40 heavy (non-hydrogen) atoms. The van der Waals surface area contributed by atoms with E-state index in [9.17, 15) is 36.2 Å². The van der Waals surface area contributed by atoms with Crippen LogP contribution in [0.3, 0.4) is 0 Å². The Morgan fingerprint density at radius 2 is 1.35 bits per heavy atom. The molecule has 0 aromatic rings. The molecule has 0 aliphatic heterocycles. The molecule has 5 unspecified atom stereocenters. The number of ether oxygens (including phenoxy) is 2. The molecule has 0 heterocycles. The zero-order valence-electron chi connectivity index (χ0n) is 24.0. The van der Waals surface area contributed by atoms with Gasteiger partial charge in [0.2, 0.25) is 0 Å². The lowest BCUT2D eigenvalue weighted by Gasteiger charge is -2.61. The maximum absolute atomic E-state index is 13.6. The zero-order chi connectivity index (χ0) is 29.5. The minimum atomic E-state index is -5.80. The largest absolute Gasteiger partial charge is 0.459 e. The van der Waals surface area contributed by atoms with Gasteiger partial charge in [0.05, 0.1) is 18.1 Å². The van der Waals surface area contributed by atoms with E-state index >= 15 is 0 Å². The average Bonchev–Trinajstić information content (AvgIpc) is 3.40. The fraction of sp³-hybridized carbons (Fsp3) is 0.967. The SMILES string of the molecule is CCC(C)(COC1CC2CC1CC2CC(O)(C(F)(F)F)C(F)(F)F)C(=O)OC(C)(C)C12CC3CC(CC(C3)C1)C2. The van der Waals surface area contributed by atoms with Gasteiger partial charge in [-0.25, -0.2) is 0 Å². The van der Waals surface area contributed by atoms with Crippen molar-refractivity contribution in [3.8, 4) is 0 Å². The number of hydrogen-bond donors (Lipinski definition) is 1. The van der Waals surface area contributed by atoms with Crippen LogP contribution in [0.15, 0.2) is 0 Å². The molecular weight excluding hydrogens is 538 g/mol. The molecule has 6 aliphatic carbocycles. The number of halogens is 6. The van der Waals surface area contributed by atoms with Crippen LogP contribution in [0, 0.1) is 46.3 Å². The summed E-state index contributed by atoms with van der Waals surface area (Å²) in [7, 11) is 0. The second-order valence-corrected chi connectivity index (χ2v) is 14.9. The molecule has 0 spiro atoms. The minimum Gasteiger partial charge on any atom is -0.459 e. The van der Waals surface area contributed by atoms with Gasteiger partial charge >= 0.3 is 18.3 Å². The molecule has 6 fully saturated rings. The van der Waals surface area contributed by atoms with E-state index in [1.807, 2.05) is 27.7 Å². The number of carbonyl (C=O) groups is 1. The van der Waals surface area contributed by atoms with Crippen LogP contribution < -0.4 is 0 Å². The Morgan fingerprint density at radius 1 is 0.825 bits per heavy atom. The Bertz CT molecular complexity index is 925. The average molecular weight is 583 g/mol. The number of rotatable bonds is 9. The van der Waals surface area contributed by atoms with Gasteiger partial charge in [0, 0.05) is 5.41 Å². The number of alkyl halides is 6. The summed E-state index contributed by atoms with van der Waals surface area (Å²) in [6.45, 7) is 7.90. The fourth-order valence-corrected chi connectivity index (χ4v) is 9.48. The maximum atomic E-state index is 13.6. The molecule has 0 radical (unpaired) electrons. The van der Waals surface area contributed by atoms with Crippen LogP contribution >= 0.6 is 0 Å². The van der Waals surface area contributed by atoms with Crippen molar-refractivity contribution < 1.29 is 45.7 Å². The second kappa shape index (κ2) is 9.75. The standard InChI is InChI=1S/C30H44F6O4/c1-5-26(4,24(37)40-25(2,3)27-12-17-6-18(13-27)8-19(7-17)14-27)16-39-23-11-20-9-21(23)10-22(20)15-28(38,29(31,32)33)30(34,35)36/h17-23,38H,5-16H2,1-4H3. The van der Waals surface area contributed by atoms with Gasteiger partial charge in [-0.15, -0.1) is 0 Å².